The van der Waals surface area contributed by atoms with Crippen molar-refractivity contribution in [1.82, 2.24) is 20.7 Å². The van der Waals surface area contributed by atoms with Crippen molar-refractivity contribution in [2.45, 2.75) is 39.5 Å². The van der Waals surface area contributed by atoms with Crippen molar-refractivity contribution in [3.05, 3.63) is 47.7 Å². The first kappa shape index (κ1) is 28.2. The number of benzene rings is 1. The summed E-state index contributed by atoms with van der Waals surface area (Å²) in [5.41, 5.74) is 0.950. The molecule has 0 aliphatic carbocycles. The Bertz CT molecular complexity index is 1060. The van der Waals surface area contributed by atoms with Crippen LogP contribution in [-0.4, -0.2) is 64.4 Å². The monoisotopic (exact) mass is 500 g/mol. The van der Waals surface area contributed by atoms with Gasteiger partial charge < -0.3 is 20.5 Å². The van der Waals surface area contributed by atoms with E-state index in [0.717, 1.165) is 19.3 Å². The third kappa shape index (κ3) is 8.66. The molecule has 2 aromatic rings. The summed E-state index contributed by atoms with van der Waals surface area (Å²) >= 11 is 0. The molecule has 11 nitrogen and oxygen atoms in total. The van der Waals surface area contributed by atoms with E-state index < -0.39 is 23.7 Å². The van der Waals surface area contributed by atoms with E-state index in [2.05, 4.69) is 15.6 Å². The Balaban J connectivity index is 2.06. The van der Waals surface area contributed by atoms with Crippen LogP contribution in [0.5, 0.6) is 5.75 Å². The SMILES string of the molecule is CCCCC[C@H](CN(O)C=O)C(=O)NCNC(=O)c1cccc(-c2cc(OCC)cc(C(=O)O)c2)n1. The van der Waals surface area contributed by atoms with Crippen LogP contribution in [0.3, 0.4) is 0 Å². The lowest BCUT2D eigenvalue weighted by Crippen LogP contribution is -2.43. The molecule has 36 heavy (non-hydrogen) atoms. The summed E-state index contributed by atoms with van der Waals surface area (Å²) in [5, 5.41) is 24.5. The average molecular weight is 501 g/mol. The fourth-order valence-corrected chi connectivity index (χ4v) is 3.50. The van der Waals surface area contributed by atoms with Crippen LogP contribution in [0.4, 0.5) is 0 Å². The number of hydrogen-bond donors (Lipinski definition) is 4. The molecule has 0 aliphatic heterocycles. The molecule has 2 rings (SSSR count). The van der Waals surface area contributed by atoms with Gasteiger partial charge in [-0.2, -0.15) is 0 Å². The van der Waals surface area contributed by atoms with Gasteiger partial charge >= 0.3 is 5.97 Å². The van der Waals surface area contributed by atoms with Crippen molar-refractivity contribution in [2.75, 3.05) is 19.8 Å². The number of amides is 3. The van der Waals surface area contributed by atoms with Crippen LogP contribution < -0.4 is 15.4 Å². The summed E-state index contributed by atoms with van der Waals surface area (Å²) in [6.45, 7) is 3.84. The molecule has 0 saturated carbocycles. The lowest BCUT2D eigenvalue weighted by atomic mass is 10.0. The number of carboxylic acid groups (broad SMARTS) is 1. The van der Waals surface area contributed by atoms with Crippen LogP contribution in [0.15, 0.2) is 36.4 Å². The Morgan fingerprint density at radius 1 is 1.14 bits per heavy atom. The number of carbonyl (C=O) groups is 4. The fourth-order valence-electron chi connectivity index (χ4n) is 3.50. The highest BCUT2D eigenvalue weighted by Gasteiger charge is 2.21. The van der Waals surface area contributed by atoms with E-state index in [0.29, 0.717) is 35.1 Å². The van der Waals surface area contributed by atoms with Crippen molar-refractivity contribution in [3.8, 4) is 17.0 Å². The first-order chi connectivity index (χ1) is 17.3. The van der Waals surface area contributed by atoms with Crippen LogP contribution in [0.1, 0.15) is 60.4 Å². The predicted molar refractivity (Wildman–Crippen MR) is 130 cm³/mol. The number of rotatable bonds is 15. The van der Waals surface area contributed by atoms with Crippen LogP contribution >= 0.6 is 0 Å². The van der Waals surface area contributed by atoms with Gasteiger partial charge in [-0.15, -0.1) is 0 Å². The average Bonchev–Trinajstić information content (AvgIpc) is 2.88. The number of unbranched alkanes of at least 4 members (excludes halogenated alkanes) is 2. The van der Waals surface area contributed by atoms with Crippen molar-refractivity contribution in [3.63, 3.8) is 0 Å². The molecule has 0 unspecified atom stereocenters. The molecule has 1 atom stereocenters. The zero-order chi connectivity index (χ0) is 26.5. The summed E-state index contributed by atoms with van der Waals surface area (Å²) in [6.07, 6.45) is 3.36. The summed E-state index contributed by atoms with van der Waals surface area (Å²) in [5.74, 6) is -2.31. The van der Waals surface area contributed by atoms with E-state index in [9.17, 15) is 29.5 Å². The number of hydrogen-bond acceptors (Lipinski definition) is 7. The second-order valence-corrected chi connectivity index (χ2v) is 8.04. The number of carbonyl (C=O) groups excluding carboxylic acids is 3. The molecule has 1 aromatic heterocycles. The molecular formula is C25H32N4O7. The minimum Gasteiger partial charge on any atom is -0.494 e. The number of aromatic carboxylic acids is 1. The van der Waals surface area contributed by atoms with Gasteiger partial charge in [0.05, 0.1) is 37.0 Å². The van der Waals surface area contributed by atoms with E-state index in [-0.39, 0.29) is 30.9 Å². The number of nitrogens with one attached hydrogen (secondary N) is 2. The lowest BCUT2D eigenvalue weighted by Gasteiger charge is -2.19. The summed E-state index contributed by atoms with van der Waals surface area (Å²) in [4.78, 5) is 51.7. The van der Waals surface area contributed by atoms with E-state index in [4.69, 9.17) is 4.74 Å². The fraction of sp³-hybridized carbons (Fsp3) is 0.400. The zero-order valence-corrected chi connectivity index (χ0v) is 20.4. The second-order valence-electron chi connectivity index (χ2n) is 8.04. The first-order valence-electron chi connectivity index (χ1n) is 11.7. The van der Waals surface area contributed by atoms with Gasteiger partial charge in [-0.25, -0.2) is 14.8 Å². The van der Waals surface area contributed by atoms with Gasteiger partial charge in [0.1, 0.15) is 11.4 Å². The number of ether oxygens (including phenoxy) is 1. The lowest BCUT2D eigenvalue weighted by molar-refractivity contribution is -0.154. The van der Waals surface area contributed by atoms with Crippen LogP contribution in [0.2, 0.25) is 0 Å². The van der Waals surface area contributed by atoms with Gasteiger partial charge in [-0.05, 0) is 43.7 Å². The van der Waals surface area contributed by atoms with E-state index >= 15 is 0 Å². The molecule has 0 radical (unpaired) electrons. The number of carboxylic acids is 1. The number of aromatic nitrogens is 1. The van der Waals surface area contributed by atoms with Gasteiger partial charge in [-0.3, -0.25) is 19.6 Å². The van der Waals surface area contributed by atoms with Crippen LogP contribution in [0.25, 0.3) is 11.3 Å². The van der Waals surface area contributed by atoms with Crippen molar-refractivity contribution >= 4 is 24.2 Å². The first-order valence-corrected chi connectivity index (χ1v) is 11.7. The van der Waals surface area contributed by atoms with Crippen LogP contribution in [-0.2, 0) is 9.59 Å². The topological polar surface area (TPSA) is 158 Å². The molecule has 0 spiro atoms. The highest BCUT2D eigenvalue weighted by Crippen LogP contribution is 2.25. The molecule has 1 aromatic carbocycles. The molecule has 0 saturated heterocycles. The summed E-state index contributed by atoms with van der Waals surface area (Å²) in [7, 11) is 0. The summed E-state index contributed by atoms with van der Waals surface area (Å²) < 4.78 is 5.44. The summed E-state index contributed by atoms with van der Waals surface area (Å²) in [6, 6.07) is 9.24. The molecular weight excluding hydrogens is 468 g/mol. The molecule has 0 aliphatic rings. The number of pyridine rings is 1. The van der Waals surface area contributed by atoms with E-state index in [1.54, 1.807) is 25.1 Å². The predicted octanol–water partition coefficient (Wildman–Crippen LogP) is 2.69. The third-order valence-corrected chi connectivity index (χ3v) is 5.31. The standard InChI is InChI=1S/C25H32N4O7/c1-3-5-6-8-17(14-29(35)16-30)23(31)26-15-27-24(32)22-10-7-9-21(28-22)18-11-19(25(33)34)13-20(12-18)36-4-2/h7,9-13,16-17,35H,3-6,8,14-15H2,1-2H3,(H,26,31)(H,27,32)(H,33,34)/t17-/m1/s1. The highest BCUT2D eigenvalue weighted by atomic mass is 16.5. The largest absolute Gasteiger partial charge is 0.494 e. The normalized spacial score (nSPS) is 11.3. The Morgan fingerprint density at radius 2 is 1.92 bits per heavy atom. The number of hydroxylamine groups is 2. The van der Waals surface area contributed by atoms with Crippen molar-refractivity contribution < 1.29 is 34.2 Å². The Kier molecular flexibility index (Phi) is 11.3. The van der Waals surface area contributed by atoms with E-state index in [1.807, 2.05) is 6.92 Å². The molecule has 3 amide bonds. The van der Waals surface area contributed by atoms with Crippen LogP contribution in [0, 0.1) is 5.92 Å². The van der Waals surface area contributed by atoms with E-state index in [1.165, 1.54) is 18.2 Å². The quantitative estimate of drug-likeness (QED) is 0.0955. The van der Waals surface area contributed by atoms with Gasteiger partial charge in [0.2, 0.25) is 12.3 Å². The molecule has 194 valence electrons. The smallest absolute Gasteiger partial charge is 0.335 e. The molecule has 11 heteroatoms. The minimum absolute atomic E-state index is 0.0276. The van der Waals surface area contributed by atoms with Gasteiger partial charge in [0.15, 0.2) is 0 Å². The second kappa shape index (κ2) is 14.4. The molecule has 0 bridgehead atoms. The third-order valence-electron chi connectivity index (χ3n) is 5.31. The molecule has 4 N–H and O–H groups in total. The van der Waals surface area contributed by atoms with Gasteiger partial charge in [0.25, 0.3) is 5.91 Å². The molecule has 0 fully saturated rings. The maximum absolute atomic E-state index is 12.6. The minimum atomic E-state index is -1.12. The maximum Gasteiger partial charge on any atom is 0.335 e. The van der Waals surface area contributed by atoms with Gasteiger partial charge in [-0.1, -0.05) is 32.3 Å². The number of nitrogens with zero attached hydrogens (tertiary/aromatic N) is 2. The Labute approximate surface area is 209 Å². The highest BCUT2D eigenvalue weighted by molar-refractivity contribution is 5.93. The Hall–Kier alpha value is -3.99. The Morgan fingerprint density at radius 3 is 2.58 bits per heavy atom. The zero-order valence-electron chi connectivity index (χ0n) is 20.4. The van der Waals surface area contributed by atoms with Gasteiger partial charge in [0, 0.05) is 5.56 Å². The maximum atomic E-state index is 12.6. The van der Waals surface area contributed by atoms with Crippen molar-refractivity contribution in [2.24, 2.45) is 5.92 Å². The van der Waals surface area contributed by atoms with Crippen molar-refractivity contribution in [1.29, 1.82) is 0 Å². The molecule has 1 heterocycles.